The van der Waals surface area contributed by atoms with Crippen LogP contribution in [-0.2, 0) is 6.42 Å². The number of aromatic nitrogens is 1. The van der Waals surface area contributed by atoms with Gasteiger partial charge in [-0.15, -0.1) is 24.0 Å². The second-order valence-electron chi connectivity index (χ2n) is 7.82. The van der Waals surface area contributed by atoms with E-state index >= 15 is 0 Å². The molecular weight excluding hydrogens is 468 g/mol. The maximum Gasteiger partial charge on any atom is 0.191 e. The van der Waals surface area contributed by atoms with Gasteiger partial charge in [-0.3, -0.25) is 9.89 Å². The van der Waals surface area contributed by atoms with E-state index in [-0.39, 0.29) is 29.8 Å². The van der Waals surface area contributed by atoms with Gasteiger partial charge < -0.3 is 15.6 Å². The zero-order chi connectivity index (χ0) is 18.6. The smallest absolute Gasteiger partial charge is 0.191 e. The molecule has 1 aromatic heterocycles. The fraction of sp³-hybridized carbons (Fsp3) is 0.571. The molecule has 5 nitrogen and oxygen atoms in total. The van der Waals surface area contributed by atoms with E-state index < -0.39 is 0 Å². The summed E-state index contributed by atoms with van der Waals surface area (Å²) in [7, 11) is 1.83. The number of halogens is 2. The van der Waals surface area contributed by atoms with Crippen LogP contribution in [0.25, 0.3) is 10.9 Å². The molecule has 2 fully saturated rings. The van der Waals surface area contributed by atoms with Crippen LogP contribution in [-0.4, -0.2) is 54.6 Å². The van der Waals surface area contributed by atoms with Crippen molar-refractivity contribution in [2.45, 2.75) is 50.6 Å². The lowest BCUT2D eigenvalue weighted by Crippen LogP contribution is -2.45. The van der Waals surface area contributed by atoms with E-state index in [0.29, 0.717) is 6.04 Å². The number of aromatic amines is 1. The van der Waals surface area contributed by atoms with Crippen molar-refractivity contribution < 1.29 is 4.39 Å². The van der Waals surface area contributed by atoms with Crippen molar-refractivity contribution in [3.8, 4) is 0 Å². The van der Waals surface area contributed by atoms with Crippen LogP contribution in [0.15, 0.2) is 29.4 Å². The average Bonchev–Trinajstić information content (AvgIpc) is 3.41. The van der Waals surface area contributed by atoms with Crippen molar-refractivity contribution >= 4 is 40.8 Å². The molecule has 4 rings (SSSR count). The van der Waals surface area contributed by atoms with Crippen molar-refractivity contribution in [1.29, 1.82) is 0 Å². The number of hydrogen-bond acceptors (Lipinski definition) is 2. The van der Waals surface area contributed by atoms with E-state index in [4.69, 9.17) is 0 Å². The number of rotatable bonds is 5. The molecule has 3 N–H and O–H groups in total. The zero-order valence-electron chi connectivity index (χ0n) is 16.5. The van der Waals surface area contributed by atoms with Gasteiger partial charge in [0.25, 0.3) is 0 Å². The molecule has 0 bridgehead atoms. The molecular formula is C21H31FIN5. The Morgan fingerprint density at radius 3 is 2.89 bits per heavy atom. The molecule has 1 saturated heterocycles. The third-order valence-corrected chi connectivity index (χ3v) is 6.04. The summed E-state index contributed by atoms with van der Waals surface area (Å²) in [5, 5.41) is 8.10. The first-order valence-corrected chi connectivity index (χ1v) is 10.2. The van der Waals surface area contributed by atoms with Gasteiger partial charge in [0.2, 0.25) is 0 Å². The largest absolute Gasteiger partial charge is 0.361 e. The average molecular weight is 499 g/mol. The predicted molar refractivity (Wildman–Crippen MR) is 124 cm³/mol. The molecule has 2 heterocycles. The Balaban J connectivity index is 0.00000225. The molecule has 7 heteroatoms. The Morgan fingerprint density at radius 2 is 2.11 bits per heavy atom. The fourth-order valence-corrected chi connectivity index (χ4v) is 4.58. The SMILES string of the molecule is CN=C(NCCc1c[nH]c2cc(F)ccc12)NC1CCN(C2CCCC2)C1.I. The normalized spacial score (nSPS) is 21.2. The highest BCUT2D eigenvalue weighted by atomic mass is 127. The summed E-state index contributed by atoms with van der Waals surface area (Å²) in [6.07, 6.45) is 9.54. The minimum atomic E-state index is -0.207. The van der Waals surface area contributed by atoms with Crippen molar-refractivity contribution in [1.82, 2.24) is 20.5 Å². The summed E-state index contributed by atoms with van der Waals surface area (Å²) in [5.41, 5.74) is 2.05. The number of guanidine groups is 1. The van der Waals surface area contributed by atoms with E-state index in [2.05, 4.69) is 25.5 Å². The molecule has 1 aliphatic heterocycles. The van der Waals surface area contributed by atoms with Crippen molar-refractivity contribution in [3.63, 3.8) is 0 Å². The summed E-state index contributed by atoms with van der Waals surface area (Å²) >= 11 is 0. The van der Waals surface area contributed by atoms with Gasteiger partial charge in [-0.25, -0.2) is 4.39 Å². The summed E-state index contributed by atoms with van der Waals surface area (Å²) in [4.78, 5) is 10.2. The van der Waals surface area contributed by atoms with Gasteiger partial charge in [-0.2, -0.15) is 0 Å². The van der Waals surface area contributed by atoms with Gasteiger partial charge in [0.1, 0.15) is 5.82 Å². The molecule has 2 aliphatic rings. The Labute approximate surface area is 183 Å². The number of nitrogens with one attached hydrogen (secondary N) is 3. The first-order chi connectivity index (χ1) is 13.2. The number of likely N-dealkylation sites (tertiary alicyclic amines) is 1. The minimum absolute atomic E-state index is 0. The highest BCUT2D eigenvalue weighted by Crippen LogP contribution is 2.26. The fourth-order valence-electron chi connectivity index (χ4n) is 4.58. The lowest BCUT2D eigenvalue weighted by atomic mass is 10.1. The second kappa shape index (κ2) is 9.91. The molecule has 1 unspecified atom stereocenters. The number of nitrogens with zero attached hydrogens (tertiary/aromatic N) is 2. The van der Waals surface area contributed by atoms with E-state index in [1.807, 2.05) is 19.3 Å². The highest BCUT2D eigenvalue weighted by molar-refractivity contribution is 14.0. The van der Waals surface area contributed by atoms with Gasteiger partial charge in [0.05, 0.1) is 0 Å². The lowest BCUT2D eigenvalue weighted by molar-refractivity contribution is 0.242. The zero-order valence-corrected chi connectivity index (χ0v) is 18.8. The topological polar surface area (TPSA) is 55.5 Å². The van der Waals surface area contributed by atoms with Gasteiger partial charge in [-0.05, 0) is 49.4 Å². The Morgan fingerprint density at radius 1 is 1.29 bits per heavy atom. The van der Waals surface area contributed by atoms with Crippen LogP contribution in [0.2, 0.25) is 0 Å². The van der Waals surface area contributed by atoms with Gasteiger partial charge in [0, 0.05) is 55.9 Å². The number of aliphatic imine (C=N–C) groups is 1. The molecule has 1 aliphatic carbocycles. The third kappa shape index (κ3) is 4.97. The predicted octanol–water partition coefficient (Wildman–Crippen LogP) is 3.65. The second-order valence-corrected chi connectivity index (χ2v) is 7.82. The Kier molecular flexibility index (Phi) is 7.56. The number of fused-ring (bicyclic) bond motifs is 1. The number of benzene rings is 1. The molecule has 0 radical (unpaired) electrons. The molecule has 2 aromatic rings. The first kappa shape index (κ1) is 21.4. The molecule has 1 atom stereocenters. The quantitative estimate of drug-likeness (QED) is 0.335. The van der Waals surface area contributed by atoms with Crippen molar-refractivity contribution in [2.24, 2.45) is 4.99 Å². The van der Waals surface area contributed by atoms with E-state index in [1.165, 1.54) is 50.3 Å². The molecule has 1 aromatic carbocycles. The third-order valence-electron chi connectivity index (χ3n) is 6.04. The number of hydrogen-bond donors (Lipinski definition) is 3. The van der Waals surface area contributed by atoms with E-state index in [9.17, 15) is 4.39 Å². The molecule has 28 heavy (non-hydrogen) atoms. The first-order valence-electron chi connectivity index (χ1n) is 10.2. The van der Waals surface area contributed by atoms with Crippen molar-refractivity contribution in [2.75, 3.05) is 26.7 Å². The van der Waals surface area contributed by atoms with Crippen LogP contribution in [0.3, 0.4) is 0 Å². The van der Waals surface area contributed by atoms with Crippen LogP contribution >= 0.6 is 24.0 Å². The summed E-state index contributed by atoms with van der Waals surface area (Å²) < 4.78 is 13.3. The number of H-pyrrole nitrogens is 1. The lowest BCUT2D eigenvalue weighted by Gasteiger charge is -2.24. The minimum Gasteiger partial charge on any atom is -0.361 e. The van der Waals surface area contributed by atoms with E-state index in [0.717, 1.165) is 42.4 Å². The Bertz CT molecular complexity index is 799. The van der Waals surface area contributed by atoms with Crippen LogP contribution in [0.4, 0.5) is 4.39 Å². The summed E-state index contributed by atoms with van der Waals surface area (Å²) in [6, 6.07) is 6.19. The van der Waals surface area contributed by atoms with E-state index in [1.54, 1.807) is 6.07 Å². The van der Waals surface area contributed by atoms with Crippen LogP contribution in [0.1, 0.15) is 37.7 Å². The van der Waals surface area contributed by atoms with Crippen LogP contribution < -0.4 is 10.6 Å². The molecule has 1 saturated carbocycles. The molecule has 0 spiro atoms. The van der Waals surface area contributed by atoms with Gasteiger partial charge in [-0.1, -0.05) is 12.8 Å². The van der Waals surface area contributed by atoms with Crippen molar-refractivity contribution in [3.05, 3.63) is 35.8 Å². The monoisotopic (exact) mass is 499 g/mol. The summed E-state index contributed by atoms with van der Waals surface area (Å²) in [6.45, 7) is 3.12. The van der Waals surface area contributed by atoms with Crippen LogP contribution in [0, 0.1) is 5.82 Å². The maximum absolute atomic E-state index is 13.3. The summed E-state index contributed by atoms with van der Waals surface area (Å²) in [5.74, 6) is 0.668. The van der Waals surface area contributed by atoms with Crippen LogP contribution in [0.5, 0.6) is 0 Å². The molecule has 0 amide bonds. The Hall–Kier alpha value is -1.35. The highest BCUT2D eigenvalue weighted by Gasteiger charge is 2.30. The molecule has 154 valence electrons. The standard InChI is InChI=1S/C21H30FN5.HI/c1-23-21(26-17-9-11-27(14-17)18-4-2-3-5-18)24-10-8-15-13-25-20-12-16(22)6-7-19(15)20;/h6-7,12-13,17-18,25H,2-5,8-11,14H2,1H3,(H2,23,24,26);1H. The van der Waals surface area contributed by atoms with Gasteiger partial charge >= 0.3 is 0 Å². The maximum atomic E-state index is 13.3. The van der Waals surface area contributed by atoms with Gasteiger partial charge in [0.15, 0.2) is 5.96 Å².